The molecular weight excluding hydrogens is 232 g/mol. The zero-order valence-corrected chi connectivity index (χ0v) is 9.79. The molecule has 0 aliphatic rings. The van der Waals surface area contributed by atoms with Crippen molar-refractivity contribution in [2.75, 3.05) is 4.72 Å². The Morgan fingerprint density at radius 3 is 2.59 bits per heavy atom. The molecule has 0 saturated heterocycles. The monoisotopic (exact) mass is 242 g/mol. The van der Waals surface area contributed by atoms with Gasteiger partial charge in [-0.15, -0.1) is 0 Å². The van der Waals surface area contributed by atoms with E-state index in [1.165, 1.54) is 0 Å². The van der Waals surface area contributed by atoms with Crippen molar-refractivity contribution in [3.8, 4) is 0 Å². The highest BCUT2D eigenvalue weighted by Gasteiger charge is 2.04. The predicted molar refractivity (Wildman–Crippen MR) is 74.7 cm³/mol. The third kappa shape index (κ3) is 1.57. The molecule has 0 radical (unpaired) electrons. The molecule has 3 nitrogen and oxygen atoms in total. The Bertz CT molecular complexity index is 764. The van der Waals surface area contributed by atoms with E-state index in [1.54, 1.807) is 6.07 Å². The fourth-order valence-electron chi connectivity index (χ4n) is 1.99. The van der Waals surface area contributed by atoms with Gasteiger partial charge in [-0.25, -0.2) is 0 Å². The number of fused-ring (bicyclic) bond motifs is 2. The first-order valence-corrected chi connectivity index (χ1v) is 5.69. The third-order valence-corrected chi connectivity index (χ3v) is 3.09. The molecule has 0 bridgehead atoms. The molecule has 3 aromatic rings. The molecule has 17 heavy (non-hydrogen) atoms. The summed E-state index contributed by atoms with van der Waals surface area (Å²) in [4.78, 5) is 15.5. The third-order valence-electron chi connectivity index (χ3n) is 2.83. The van der Waals surface area contributed by atoms with Crippen LogP contribution >= 0.6 is 12.8 Å². The number of anilines is 1. The number of nitrogens with one attached hydrogen (secondary N) is 2. The second-order valence-corrected chi connectivity index (χ2v) is 4.10. The normalized spacial score (nSPS) is 10.9. The molecule has 2 N–H and O–H groups in total. The topological polar surface area (TPSA) is 44.9 Å². The first kappa shape index (κ1) is 10.2. The van der Waals surface area contributed by atoms with Crippen molar-refractivity contribution < 1.29 is 0 Å². The first-order chi connectivity index (χ1) is 8.29. The number of hydrogen-bond acceptors (Lipinski definition) is 3. The summed E-state index contributed by atoms with van der Waals surface area (Å²) in [6.45, 7) is 0. The van der Waals surface area contributed by atoms with Crippen molar-refractivity contribution >= 4 is 40.3 Å². The highest BCUT2D eigenvalue weighted by atomic mass is 32.1. The van der Waals surface area contributed by atoms with Crippen LogP contribution in [0, 0.1) is 0 Å². The van der Waals surface area contributed by atoms with Crippen LogP contribution in [0.3, 0.4) is 0 Å². The molecular formula is C13H10N2OS. The Labute approximate surface area is 103 Å². The van der Waals surface area contributed by atoms with Crippen LogP contribution in [0.15, 0.2) is 47.3 Å². The van der Waals surface area contributed by atoms with E-state index in [9.17, 15) is 4.79 Å². The number of H-pyrrole nitrogens is 1. The summed E-state index contributed by atoms with van der Waals surface area (Å²) in [7, 11) is 0. The van der Waals surface area contributed by atoms with Crippen molar-refractivity contribution in [2.45, 2.75) is 0 Å². The quantitative estimate of drug-likeness (QED) is 0.454. The number of thiol groups is 1. The summed E-state index contributed by atoms with van der Waals surface area (Å²) in [5.41, 5.74) is 2.54. The van der Waals surface area contributed by atoms with E-state index in [1.807, 2.05) is 36.4 Å². The molecule has 0 aliphatic carbocycles. The van der Waals surface area contributed by atoms with Gasteiger partial charge < -0.3 is 9.71 Å². The second kappa shape index (κ2) is 3.82. The summed E-state index contributed by atoms with van der Waals surface area (Å²) < 4.78 is 2.74. The largest absolute Gasteiger partial charge is 0.354 e. The molecule has 2 aromatic carbocycles. The summed E-state index contributed by atoms with van der Waals surface area (Å²) in [5, 5.41) is 1.37. The van der Waals surface area contributed by atoms with Gasteiger partial charge in [-0.1, -0.05) is 24.9 Å². The number of para-hydroxylation sites is 1. The highest BCUT2D eigenvalue weighted by Crippen LogP contribution is 2.18. The van der Waals surface area contributed by atoms with Crippen LogP contribution in [0.2, 0.25) is 0 Å². The average molecular weight is 242 g/mol. The molecule has 4 heteroatoms. The number of pyridine rings is 1. The molecule has 0 fully saturated rings. The Balaban J connectivity index is 2.51. The fourth-order valence-corrected chi connectivity index (χ4v) is 2.13. The van der Waals surface area contributed by atoms with E-state index in [4.69, 9.17) is 0 Å². The van der Waals surface area contributed by atoms with E-state index in [-0.39, 0.29) is 5.43 Å². The molecule has 0 unspecified atom stereocenters. The van der Waals surface area contributed by atoms with Gasteiger partial charge in [0.2, 0.25) is 0 Å². The SMILES string of the molecule is O=c1c2ccccc2[nH]c2ccc(NS)cc12. The average Bonchev–Trinajstić information content (AvgIpc) is 2.39. The van der Waals surface area contributed by atoms with Crippen molar-refractivity contribution in [3.63, 3.8) is 0 Å². The maximum Gasteiger partial charge on any atom is 0.197 e. The van der Waals surface area contributed by atoms with Gasteiger partial charge in [0.1, 0.15) is 0 Å². The fraction of sp³-hybridized carbons (Fsp3) is 0. The van der Waals surface area contributed by atoms with Crippen LogP contribution in [-0.2, 0) is 0 Å². The molecule has 84 valence electrons. The zero-order valence-electron chi connectivity index (χ0n) is 8.90. The summed E-state index contributed by atoms with van der Waals surface area (Å²) in [6.07, 6.45) is 0. The van der Waals surface area contributed by atoms with Gasteiger partial charge in [0.15, 0.2) is 5.43 Å². The maximum absolute atomic E-state index is 12.3. The Hall–Kier alpha value is -1.94. The molecule has 0 saturated carbocycles. The zero-order chi connectivity index (χ0) is 11.8. The van der Waals surface area contributed by atoms with Gasteiger partial charge >= 0.3 is 0 Å². The Kier molecular flexibility index (Phi) is 2.30. The van der Waals surface area contributed by atoms with Crippen molar-refractivity contribution in [1.29, 1.82) is 0 Å². The lowest BCUT2D eigenvalue weighted by molar-refractivity contribution is 1.48. The van der Waals surface area contributed by atoms with Crippen LogP contribution in [-0.4, -0.2) is 4.98 Å². The van der Waals surface area contributed by atoms with Gasteiger partial charge in [-0.3, -0.25) is 4.79 Å². The van der Waals surface area contributed by atoms with E-state index in [2.05, 4.69) is 22.5 Å². The van der Waals surface area contributed by atoms with E-state index in [0.717, 1.165) is 16.7 Å². The van der Waals surface area contributed by atoms with Crippen molar-refractivity contribution in [1.82, 2.24) is 4.98 Å². The van der Waals surface area contributed by atoms with Gasteiger partial charge in [-0.05, 0) is 30.3 Å². The smallest absolute Gasteiger partial charge is 0.197 e. The summed E-state index contributed by atoms with van der Waals surface area (Å²) in [5.74, 6) is 0. The van der Waals surface area contributed by atoms with E-state index < -0.39 is 0 Å². The Morgan fingerprint density at radius 2 is 1.76 bits per heavy atom. The number of hydrogen-bond donors (Lipinski definition) is 3. The number of benzene rings is 2. The van der Waals surface area contributed by atoms with Crippen LogP contribution in [0.5, 0.6) is 0 Å². The minimum absolute atomic E-state index is 0.0415. The van der Waals surface area contributed by atoms with Crippen LogP contribution in [0.1, 0.15) is 0 Å². The molecule has 0 spiro atoms. The molecule has 3 rings (SSSR count). The molecule has 0 aliphatic heterocycles. The second-order valence-electron chi connectivity index (χ2n) is 3.87. The van der Waals surface area contributed by atoms with E-state index >= 15 is 0 Å². The van der Waals surface area contributed by atoms with Gasteiger partial charge in [0, 0.05) is 27.5 Å². The van der Waals surface area contributed by atoms with Crippen LogP contribution < -0.4 is 10.2 Å². The van der Waals surface area contributed by atoms with Gasteiger partial charge in [-0.2, -0.15) is 0 Å². The molecule has 0 amide bonds. The minimum atomic E-state index is 0.0415. The maximum atomic E-state index is 12.3. The number of rotatable bonds is 1. The molecule has 0 atom stereocenters. The van der Waals surface area contributed by atoms with Gasteiger partial charge in [0.25, 0.3) is 0 Å². The van der Waals surface area contributed by atoms with Crippen molar-refractivity contribution in [3.05, 3.63) is 52.7 Å². The standard InChI is InChI=1S/C13H10N2OS/c16-13-9-3-1-2-4-11(9)14-12-6-5-8(15-17)7-10(12)13/h1-7,15,17H,(H,14,16). The molecule has 1 heterocycles. The highest BCUT2D eigenvalue weighted by molar-refractivity contribution is 7.81. The lowest BCUT2D eigenvalue weighted by atomic mass is 10.1. The molecule has 1 aromatic heterocycles. The Morgan fingerprint density at radius 1 is 1.00 bits per heavy atom. The van der Waals surface area contributed by atoms with Gasteiger partial charge in [0.05, 0.1) is 0 Å². The van der Waals surface area contributed by atoms with Crippen LogP contribution in [0.25, 0.3) is 21.8 Å². The summed E-state index contributed by atoms with van der Waals surface area (Å²) in [6, 6.07) is 13.1. The lowest BCUT2D eigenvalue weighted by Gasteiger charge is -2.04. The van der Waals surface area contributed by atoms with Crippen LogP contribution in [0.4, 0.5) is 5.69 Å². The number of aromatic amines is 1. The first-order valence-electron chi connectivity index (χ1n) is 5.24. The summed E-state index contributed by atoms with van der Waals surface area (Å²) >= 11 is 3.98. The minimum Gasteiger partial charge on any atom is -0.354 e. The number of aromatic nitrogens is 1. The lowest BCUT2D eigenvalue weighted by Crippen LogP contribution is -2.04. The van der Waals surface area contributed by atoms with E-state index in [0.29, 0.717) is 10.8 Å². The van der Waals surface area contributed by atoms with Crippen molar-refractivity contribution in [2.24, 2.45) is 0 Å². The predicted octanol–water partition coefficient (Wildman–Crippen LogP) is 2.94.